The molecule has 1 N–H and O–H groups in total. The molecule has 3 rings (SSSR count). The first-order valence-corrected chi connectivity index (χ1v) is 6.99. The van der Waals surface area contributed by atoms with Crippen LogP contribution in [0.5, 0.6) is 0 Å². The SMILES string of the molecule is Clc1ccc(-n2cc(Br)cn2)nc1CNC1CC1. The Bertz CT molecular complexity index is 565. The average Bonchev–Trinajstić information content (AvgIpc) is 3.09. The lowest BCUT2D eigenvalue weighted by Crippen LogP contribution is -2.17. The van der Waals surface area contributed by atoms with E-state index in [1.54, 1.807) is 10.9 Å². The molecule has 94 valence electrons. The first kappa shape index (κ1) is 12.1. The normalized spacial score (nSPS) is 15.0. The lowest BCUT2D eigenvalue weighted by Gasteiger charge is -2.07. The molecule has 0 radical (unpaired) electrons. The molecule has 0 bridgehead atoms. The predicted octanol–water partition coefficient (Wildman–Crippen LogP) is 2.94. The van der Waals surface area contributed by atoms with Crippen molar-refractivity contribution in [3.05, 3.63) is 39.7 Å². The van der Waals surface area contributed by atoms with Gasteiger partial charge in [-0.25, -0.2) is 9.67 Å². The van der Waals surface area contributed by atoms with Crippen LogP contribution >= 0.6 is 27.5 Å². The zero-order valence-electron chi connectivity index (χ0n) is 9.61. The van der Waals surface area contributed by atoms with Gasteiger partial charge in [0.2, 0.25) is 0 Å². The van der Waals surface area contributed by atoms with Crippen molar-refractivity contribution >= 4 is 27.5 Å². The van der Waals surface area contributed by atoms with Gasteiger partial charge in [0, 0.05) is 18.8 Å². The van der Waals surface area contributed by atoms with Gasteiger partial charge in [0.15, 0.2) is 5.82 Å². The molecule has 4 nitrogen and oxygen atoms in total. The molecule has 0 amide bonds. The van der Waals surface area contributed by atoms with Crippen LogP contribution in [-0.2, 0) is 6.54 Å². The Hall–Kier alpha value is -0.910. The third-order valence-electron chi connectivity index (χ3n) is 2.83. The van der Waals surface area contributed by atoms with E-state index in [9.17, 15) is 0 Å². The summed E-state index contributed by atoms with van der Waals surface area (Å²) in [6.07, 6.45) is 6.11. The number of halogens is 2. The van der Waals surface area contributed by atoms with E-state index in [4.69, 9.17) is 11.6 Å². The lowest BCUT2D eigenvalue weighted by atomic mass is 10.3. The van der Waals surface area contributed by atoms with Crippen LogP contribution in [0.3, 0.4) is 0 Å². The third-order valence-corrected chi connectivity index (χ3v) is 3.58. The second-order valence-electron chi connectivity index (χ2n) is 4.36. The van der Waals surface area contributed by atoms with Crippen molar-refractivity contribution in [2.24, 2.45) is 0 Å². The molecule has 1 aliphatic rings. The highest BCUT2D eigenvalue weighted by molar-refractivity contribution is 9.10. The average molecular weight is 328 g/mol. The van der Waals surface area contributed by atoms with Crippen molar-refractivity contribution in [3.63, 3.8) is 0 Å². The number of nitrogens with one attached hydrogen (secondary N) is 1. The molecule has 1 saturated carbocycles. The summed E-state index contributed by atoms with van der Waals surface area (Å²) in [7, 11) is 0. The summed E-state index contributed by atoms with van der Waals surface area (Å²) in [4.78, 5) is 4.54. The number of pyridine rings is 1. The smallest absolute Gasteiger partial charge is 0.153 e. The molecule has 0 unspecified atom stereocenters. The predicted molar refractivity (Wildman–Crippen MR) is 73.9 cm³/mol. The van der Waals surface area contributed by atoms with Crippen LogP contribution < -0.4 is 5.32 Å². The maximum atomic E-state index is 6.15. The van der Waals surface area contributed by atoms with Gasteiger partial charge in [0.05, 0.1) is 21.4 Å². The summed E-state index contributed by atoms with van der Waals surface area (Å²) in [6, 6.07) is 4.37. The minimum absolute atomic E-state index is 0.644. The highest BCUT2D eigenvalue weighted by atomic mass is 79.9. The minimum Gasteiger partial charge on any atom is -0.308 e. The number of rotatable bonds is 4. The fraction of sp³-hybridized carbons (Fsp3) is 0.333. The summed E-state index contributed by atoms with van der Waals surface area (Å²) in [5, 5.41) is 8.31. The number of nitrogens with zero attached hydrogens (tertiary/aromatic N) is 3. The summed E-state index contributed by atoms with van der Waals surface area (Å²) in [5.41, 5.74) is 0.868. The van der Waals surface area contributed by atoms with Gasteiger partial charge in [-0.3, -0.25) is 0 Å². The van der Waals surface area contributed by atoms with Crippen LogP contribution in [-0.4, -0.2) is 20.8 Å². The maximum absolute atomic E-state index is 6.15. The topological polar surface area (TPSA) is 42.7 Å². The molecule has 0 aromatic carbocycles. The lowest BCUT2D eigenvalue weighted by molar-refractivity contribution is 0.670. The molecular weight excluding hydrogens is 316 g/mol. The third kappa shape index (κ3) is 2.74. The zero-order chi connectivity index (χ0) is 12.5. The standard InChI is InChI=1S/C12H12BrClN4/c13-8-5-16-18(7-8)12-4-3-10(14)11(17-12)6-15-9-1-2-9/h3-5,7,9,15H,1-2,6H2. The molecule has 6 heteroatoms. The van der Waals surface area contributed by atoms with Crippen molar-refractivity contribution in [2.75, 3.05) is 0 Å². The van der Waals surface area contributed by atoms with Gasteiger partial charge in [0.25, 0.3) is 0 Å². The Kier molecular flexibility index (Phi) is 3.37. The van der Waals surface area contributed by atoms with Crippen molar-refractivity contribution < 1.29 is 0 Å². The second kappa shape index (κ2) is 4.99. The maximum Gasteiger partial charge on any atom is 0.153 e. The van der Waals surface area contributed by atoms with Gasteiger partial charge in [0.1, 0.15) is 0 Å². The molecule has 0 saturated heterocycles. The summed E-state index contributed by atoms with van der Waals surface area (Å²) < 4.78 is 2.65. The highest BCUT2D eigenvalue weighted by Crippen LogP contribution is 2.21. The van der Waals surface area contributed by atoms with Crippen LogP contribution in [0.1, 0.15) is 18.5 Å². The van der Waals surface area contributed by atoms with E-state index in [-0.39, 0.29) is 0 Å². The molecule has 0 aliphatic heterocycles. The molecule has 0 atom stereocenters. The molecule has 1 aliphatic carbocycles. The van der Waals surface area contributed by atoms with Gasteiger partial charge in [-0.2, -0.15) is 5.10 Å². The van der Waals surface area contributed by atoms with Crippen molar-refractivity contribution in [1.29, 1.82) is 0 Å². The van der Waals surface area contributed by atoms with E-state index in [0.717, 1.165) is 16.0 Å². The largest absolute Gasteiger partial charge is 0.308 e. The van der Waals surface area contributed by atoms with Gasteiger partial charge in [-0.05, 0) is 40.9 Å². The summed E-state index contributed by atoms with van der Waals surface area (Å²) in [6.45, 7) is 0.708. The summed E-state index contributed by atoms with van der Waals surface area (Å²) >= 11 is 9.52. The second-order valence-corrected chi connectivity index (χ2v) is 5.68. The Balaban J connectivity index is 1.84. The number of hydrogen-bond acceptors (Lipinski definition) is 3. The monoisotopic (exact) mass is 326 g/mol. The van der Waals surface area contributed by atoms with Crippen LogP contribution in [0.2, 0.25) is 5.02 Å². The van der Waals surface area contributed by atoms with E-state index < -0.39 is 0 Å². The molecule has 0 spiro atoms. The fourth-order valence-electron chi connectivity index (χ4n) is 1.68. The Labute approximate surface area is 118 Å². The Morgan fingerprint density at radius 3 is 2.94 bits per heavy atom. The minimum atomic E-state index is 0.644. The van der Waals surface area contributed by atoms with E-state index in [1.165, 1.54) is 12.8 Å². The highest BCUT2D eigenvalue weighted by Gasteiger charge is 2.20. The summed E-state index contributed by atoms with van der Waals surface area (Å²) in [5.74, 6) is 0.776. The van der Waals surface area contributed by atoms with Crippen molar-refractivity contribution in [3.8, 4) is 5.82 Å². The van der Waals surface area contributed by atoms with Crippen LogP contribution in [0.15, 0.2) is 29.0 Å². The first-order valence-electron chi connectivity index (χ1n) is 5.82. The van der Waals surface area contributed by atoms with Crippen LogP contribution in [0, 0.1) is 0 Å². The molecule has 2 heterocycles. The Morgan fingerprint density at radius 2 is 2.28 bits per heavy atom. The van der Waals surface area contributed by atoms with Crippen LogP contribution in [0.4, 0.5) is 0 Å². The number of aromatic nitrogens is 3. The van der Waals surface area contributed by atoms with Gasteiger partial charge in [-0.1, -0.05) is 11.6 Å². The van der Waals surface area contributed by atoms with Crippen LogP contribution in [0.25, 0.3) is 5.82 Å². The molecule has 1 fully saturated rings. The molecule has 2 aromatic rings. The van der Waals surface area contributed by atoms with Crippen molar-refractivity contribution in [2.45, 2.75) is 25.4 Å². The number of hydrogen-bond donors (Lipinski definition) is 1. The van der Waals surface area contributed by atoms with Gasteiger partial charge in [-0.15, -0.1) is 0 Å². The van der Waals surface area contributed by atoms with E-state index in [0.29, 0.717) is 17.6 Å². The Morgan fingerprint density at radius 1 is 1.44 bits per heavy atom. The molecular formula is C12H12BrClN4. The first-order chi connectivity index (χ1) is 8.72. The molecule has 2 aromatic heterocycles. The van der Waals surface area contributed by atoms with Gasteiger partial charge < -0.3 is 5.32 Å². The molecule has 18 heavy (non-hydrogen) atoms. The fourth-order valence-corrected chi connectivity index (χ4v) is 2.14. The van der Waals surface area contributed by atoms with E-state index in [1.807, 2.05) is 18.3 Å². The zero-order valence-corrected chi connectivity index (χ0v) is 11.9. The quantitative estimate of drug-likeness (QED) is 0.939. The van der Waals surface area contributed by atoms with Gasteiger partial charge >= 0.3 is 0 Å². The van der Waals surface area contributed by atoms with E-state index >= 15 is 0 Å². The van der Waals surface area contributed by atoms with Crippen molar-refractivity contribution in [1.82, 2.24) is 20.1 Å². The van der Waals surface area contributed by atoms with E-state index in [2.05, 4.69) is 31.3 Å².